The van der Waals surface area contributed by atoms with Crippen molar-refractivity contribution in [1.29, 1.82) is 0 Å². The number of benzene rings is 1. The third-order valence-corrected chi connectivity index (χ3v) is 4.48. The van der Waals surface area contributed by atoms with Crippen molar-refractivity contribution in [2.24, 2.45) is 0 Å². The van der Waals surface area contributed by atoms with E-state index in [1.165, 1.54) is 6.92 Å². The minimum Gasteiger partial charge on any atom is -0.466 e. The lowest BCUT2D eigenvalue weighted by Gasteiger charge is -2.29. The second-order valence-corrected chi connectivity index (χ2v) is 6.27. The second kappa shape index (κ2) is 8.97. The molecule has 1 aromatic rings. The molecule has 0 aromatic heterocycles. The first-order chi connectivity index (χ1) is 12.0. The van der Waals surface area contributed by atoms with Crippen LogP contribution in [0.4, 0.5) is 0 Å². The van der Waals surface area contributed by atoms with E-state index in [1.54, 1.807) is 14.0 Å². The Morgan fingerprint density at radius 2 is 2.04 bits per heavy atom. The minimum absolute atomic E-state index is 0.0842. The average Bonchev–Trinajstić information content (AvgIpc) is 3.05. The molecule has 1 amide bonds. The molecule has 1 heterocycles. The molecule has 1 aliphatic rings. The van der Waals surface area contributed by atoms with Gasteiger partial charge in [-0.25, -0.2) is 0 Å². The first-order valence-electron chi connectivity index (χ1n) is 8.65. The number of hydrogen-bond acceptors (Lipinski definition) is 5. The van der Waals surface area contributed by atoms with Crippen LogP contribution in [0.3, 0.4) is 0 Å². The van der Waals surface area contributed by atoms with Crippen molar-refractivity contribution in [3.05, 3.63) is 35.4 Å². The van der Waals surface area contributed by atoms with Crippen LogP contribution in [0.2, 0.25) is 0 Å². The molecule has 2 atom stereocenters. The highest BCUT2D eigenvalue weighted by molar-refractivity contribution is 5.78. The van der Waals surface area contributed by atoms with E-state index in [4.69, 9.17) is 14.2 Å². The molecule has 0 bridgehead atoms. The first-order valence-corrected chi connectivity index (χ1v) is 8.65. The number of ether oxygens (including phenoxy) is 3. The molecule has 25 heavy (non-hydrogen) atoms. The lowest BCUT2D eigenvalue weighted by Crippen LogP contribution is -2.45. The number of rotatable bonds is 8. The highest BCUT2D eigenvalue weighted by Gasteiger charge is 2.37. The van der Waals surface area contributed by atoms with E-state index in [-0.39, 0.29) is 17.8 Å². The van der Waals surface area contributed by atoms with Gasteiger partial charge >= 0.3 is 5.97 Å². The van der Waals surface area contributed by atoms with Crippen LogP contribution in [0, 0.1) is 0 Å². The van der Waals surface area contributed by atoms with E-state index in [9.17, 15) is 9.59 Å². The van der Waals surface area contributed by atoms with E-state index < -0.39 is 5.54 Å². The van der Waals surface area contributed by atoms with E-state index in [0.29, 0.717) is 32.8 Å². The van der Waals surface area contributed by atoms with Crippen molar-refractivity contribution in [1.82, 2.24) is 5.32 Å². The largest absolute Gasteiger partial charge is 0.466 e. The quantitative estimate of drug-likeness (QED) is 0.728. The standard InChI is InChI=1S/C19H27NO5/c1-4-25-18(22)17(9-11-23-3)15-5-7-16(8-6-15)19(20-14(2)21)10-12-24-13-19/h5-8,17H,4,9-13H2,1-3H3,(H,20,21). The van der Waals surface area contributed by atoms with Crippen LogP contribution in [-0.4, -0.2) is 45.4 Å². The average molecular weight is 349 g/mol. The molecule has 0 radical (unpaired) electrons. The molecule has 6 heteroatoms. The van der Waals surface area contributed by atoms with Crippen molar-refractivity contribution in [3.8, 4) is 0 Å². The van der Waals surface area contributed by atoms with Gasteiger partial charge in [-0.3, -0.25) is 9.59 Å². The summed E-state index contributed by atoms with van der Waals surface area (Å²) in [4.78, 5) is 23.8. The summed E-state index contributed by atoms with van der Waals surface area (Å²) in [5, 5.41) is 3.02. The predicted octanol–water partition coefficient (Wildman–Crippen LogP) is 2.12. The van der Waals surface area contributed by atoms with Gasteiger partial charge < -0.3 is 19.5 Å². The third-order valence-electron chi connectivity index (χ3n) is 4.48. The first kappa shape index (κ1) is 19.4. The Bertz CT molecular complexity index is 578. The SMILES string of the molecule is CCOC(=O)C(CCOC)c1ccc(C2(NC(C)=O)CCOC2)cc1. The Morgan fingerprint density at radius 3 is 2.56 bits per heavy atom. The maximum atomic E-state index is 12.2. The summed E-state index contributed by atoms with van der Waals surface area (Å²) in [5.41, 5.74) is 1.38. The maximum absolute atomic E-state index is 12.2. The Balaban J connectivity index is 2.23. The molecule has 0 spiro atoms. The number of amides is 1. The molecule has 1 saturated heterocycles. The summed E-state index contributed by atoms with van der Waals surface area (Å²) in [6.07, 6.45) is 1.30. The smallest absolute Gasteiger partial charge is 0.313 e. The number of esters is 1. The lowest BCUT2D eigenvalue weighted by molar-refractivity contribution is -0.145. The fraction of sp³-hybridized carbons (Fsp3) is 0.579. The molecule has 1 fully saturated rings. The van der Waals surface area contributed by atoms with Gasteiger partial charge in [-0.05, 0) is 24.5 Å². The Kier molecular flexibility index (Phi) is 6.96. The highest BCUT2D eigenvalue weighted by Crippen LogP contribution is 2.32. The van der Waals surface area contributed by atoms with Gasteiger partial charge in [-0.15, -0.1) is 0 Å². The third kappa shape index (κ3) is 4.80. The maximum Gasteiger partial charge on any atom is 0.313 e. The van der Waals surface area contributed by atoms with Crippen LogP contribution in [-0.2, 0) is 29.3 Å². The van der Waals surface area contributed by atoms with Gasteiger partial charge in [0.2, 0.25) is 5.91 Å². The Morgan fingerprint density at radius 1 is 1.32 bits per heavy atom. The topological polar surface area (TPSA) is 73.9 Å². The summed E-state index contributed by atoms with van der Waals surface area (Å²) in [7, 11) is 1.61. The molecule has 1 N–H and O–H groups in total. The molecular weight excluding hydrogens is 322 g/mol. The number of carbonyl (C=O) groups excluding carboxylic acids is 2. The van der Waals surface area contributed by atoms with E-state index >= 15 is 0 Å². The summed E-state index contributed by atoms with van der Waals surface area (Å²) in [6.45, 7) is 5.21. The van der Waals surface area contributed by atoms with Gasteiger partial charge in [0, 0.05) is 33.7 Å². The van der Waals surface area contributed by atoms with E-state index in [1.807, 2.05) is 24.3 Å². The molecule has 2 rings (SSSR count). The zero-order valence-corrected chi connectivity index (χ0v) is 15.2. The number of carbonyl (C=O) groups is 2. The van der Waals surface area contributed by atoms with E-state index in [0.717, 1.165) is 17.5 Å². The molecule has 1 aliphatic heterocycles. The highest BCUT2D eigenvalue weighted by atomic mass is 16.5. The van der Waals surface area contributed by atoms with Crippen molar-refractivity contribution < 1.29 is 23.8 Å². The van der Waals surface area contributed by atoms with Gasteiger partial charge in [0.25, 0.3) is 0 Å². The number of hydrogen-bond donors (Lipinski definition) is 1. The summed E-state index contributed by atoms with van der Waals surface area (Å²) in [5.74, 6) is -0.683. The second-order valence-electron chi connectivity index (χ2n) is 6.27. The predicted molar refractivity (Wildman–Crippen MR) is 93.2 cm³/mol. The fourth-order valence-electron chi connectivity index (χ4n) is 3.23. The van der Waals surface area contributed by atoms with E-state index in [2.05, 4.69) is 5.32 Å². The molecule has 0 aliphatic carbocycles. The van der Waals surface area contributed by atoms with Crippen molar-refractivity contribution >= 4 is 11.9 Å². The van der Waals surface area contributed by atoms with Crippen LogP contribution >= 0.6 is 0 Å². The van der Waals surface area contributed by atoms with Gasteiger partial charge in [0.1, 0.15) is 0 Å². The summed E-state index contributed by atoms with van der Waals surface area (Å²) >= 11 is 0. The zero-order chi connectivity index (χ0) is 18.3. The van der Waals surface area contributed by atoms with Crippen molar-refractivity contribution in [3.63, 3.8) is 0 Å². The van der Waals surface area contributed by atoms with Crippen LogP contribution < -0.4 is 5.32 Å². The number of nitrogens with one attached hydrogen (secondary N) is 1. The molecule has 0 saturated carbocycles. The molecule has 2 unspecified atom stereocenters. The summed E-state index contributed by atoms with van der Waals surface area (Å²) < 4.78 is 15.8. The Labute approximate surface area is 148 Å². The van der Waals surface area contributed by atoms with Crippen LogP contribution in [0.25, 0.3) is 0 Å². The Hall–Kier alpha value is -1.92. The van der Waals surface area contributed by atoms with Crippen LogP contribution in [0.5, 0.6) is 0 Å². The molecule has 138 valence electrons. The van der Waals surface area contributed by atoms with Crippen LogP contribution in [0.1, 0.15) is 43.7 Å². The number of methoxy groups -OCH3 is 1. The van der Waals surface area contributed by atoms with Crippen molar-refractivity contribution in [2.45, 2.75) is 38.1 Å². The van der Waals surface area contributed by atoms with Gasteiger partial charge in [-0.2, -0.15) is 0 Å². The zero-order valence-electron chi connectivity index (χ0n) is 15.2. The van der Waals surface area contributed by atoms with Gasteiger partial charge in [0.15, 0.2) is 0 Å². The molecule has 1 aromatic carbocycles. The molecular formula is C19H27NO5. The van der Waals surface area contributed by atoms with Crippen LogP contribution in [0.15, 0.2) is 24.3 Å². The fourth-order valence-corrected chi connectivity index (χ4v) is 3.23. The summed E-state index contributed by atoms with van der Waals surface area (Å²) in [6, 6.07) is 7.76. The molecule has 6 nitrogen and oxygen atoms in total. The van der Waals surface area contributed by atoms with Gasteiger partial charge in [-0.1, -0.05) is 24.3 Å². The van der Waals surface area contributed by atoms with Gasteiger partial charge in [0.05, 0.1) is 24.7 Å². The normalized spacial score (nSPS) is 20.9. The van der Waals surface area contributed by atoms with Crippen molar-refractivity contribution in [2.75, 3.05) is 33.5 Å². The monoisotopic (exact) mass is 349 g/mol. The lowest BCUT2D eigenvalue weighted by atomic mass is 9.86. The minimum atomic E-state index is -0.490.